The summed E-state index contributed by atoms with van der Waals surface area (Å²) in [4.78, 5) is 62.8. The summed E-state index contributed by atoms with van der Waals surface area (Å²) in [7, 11) is 0. The molecule has 0 aromatic heterocycles. The van der Waals surface area contributed by atoms with E-state index in [0.29, 0.717) is 74.9 Å². The Bertz CT molecular complexity index is 2290. The lowest BCUT2D eigenvalue weighted by Crippen LogP contribution is -2.44. The molecule has 0 bridgehead atoms. The summed E-state index contributed by atoms with van der Waals surface area (Å²) in [6, 6.07) is 26.3. The van der Waals surface area contributed by atoms with E-state index in [1.165, 1.54) is 0 Å². The summed E-state index contributed by atoms with van der Waals surface area (Å²) in [5.74, 6) is 0. The molecule has 0 unspecified atom stereocenters. The number of fused-ring (bicyclic) bond motifs is 3. The molecule has 1 aliphatic carbocycles. The van der Waals surface area contributed by atoms with Crippen molar-refractivity contribution in [3.05, 3.63) is 107 Å². The number of hydrogen-bond donors (Lipinski definition) is 10. The first kappa shape index (κ1) is 46.8. The van der Waals surface area contributed by atoms with Gasteiger partial charge in [-0.3, -0.25) is 0 Å². The molecule has 63 heavy (non-hydrogen) atoms. The van der Waals surface area contributed by atoms with E-state index < -0.39 is 10.8 Å². The fourth-order valence-corrected chi connectivity index (χ4v) is 6.60. The molecule has 0 atom stereocenters. The summed E-state index contributed by atoms with van der Waals surface area (Å²) < 4.78 is 0. The molecule has 16 nitrogen and oxygen atoms in total. The van der Waals surface area contributed by atoms with Gasteiger partial charge in [-0.2, -0.15) is 5.26 Å². The number of nitriles is 1. The monoisotopic (exact) mass is 857 g/mol. The van der Waals surface area contributed by atoms with Gasteiger partial charge in [-0.15, -0.1) is 0 Å². The molecule has 0 heterocycles. The number of hydrogen-bond acceptors (Lipinski definition) is 6. The molecule has 10 N–H and O–H groups in total. The Balaban J connectivity index is 0.996. The SMILES string of the molecule is CCCCNC(=O)NCc1ccc(NC(=O)NCC(C)(C)CNC(=O)Nc2ccc3c(c2)Cc2cc(NC(=O)NCC(C)(C)CNC(=O)Nc4ccc(CC#N)cc4)ccc2-3)cc1. The van der Waals surface area contributed by atoms with Crippen LogP contribution in [-0.2, 0) is 19.4 Å². The van der Waals surface area contributed by atoms with Crippen molar-refractivity contribution in [3.8, 4) is 17.2 Å². The van der Waals surface area contributed by atoms with E-state index in [2.05, 4.69) is 66.2 Å². The molecular formula is C47H59N11O5. The highest BCUT2D eigenvalue weighted by molar-refractivity contribution is 5.93. The number of carbonyl (C=O) groups excluding carboxylic acids is 5. The van der Waals surface area contributed by atoms with E-state index >= 15 is 0 Å². The van der Waals surface area contributed by atoms with Crippen molar-refractivity contribution in [2.24, 2.45) is 10.8 Å². The molecular weight excluding hydrogens is 799 g/mol. The first-order valence-corrected chi connectivity index (χ1v) is 21.1. The van der Waals surface area contributed by atoms with Gasteiger partial charge in [-0.1, -0.05) is 77.4 Å². The minimum absolute atomic E-state index is 0.212. The van der Waals surface area contributed by atoms with Gasteiger partial charge in [0, 0.05) is 62.0 Å². The zero-order valence-electron chi connectivity index (χ0n) is 36.6. The fraction of sp³-hybridized carbons (Fsp3) is 0.362. The number of urea groups is 5. The second kappa shape index (κ2) is 22.0. The van der Waals surface area contributed by atoms with Gasteiger partial charge in [-0.25, -0.2) is 24.0 Å². The van der Waals surface area contributed by atoms with Crippen molar-refractivity contribution in [1.29, 1.82) is 5.26 Å². The Morgan fingerprint density at radius 2 is 0.921 bits per heavy atom. The molecule has 0 radical (unpaired) electrons. The molecule has 10 amide bonds. The first-order chi connectivity index (χ1) is 30.1. The molecule has 332 valence electrons. The summed E-state index contributed by atoms with van der Waals surface area (Å²) in [5.41, 5.74) is 7.60. The van der Waals surface area contributed by atoms with Crippen LogP contribution in [0.2, 0.25) is 0 Å². The van der Waals surface area contributed by atoms with E-state index in [9.17, 15) is 24.0 Å². The maximum atomic E-state index is 12.9. The summed E-state index contributed by atoms with van der Waals surface area (Å²) in [6.07, 6.45) is 2.87. The van der Waals surface area contributed by atoms with Gasteiger partial charge >= 0.3 is 30.2 Å². The number of nitrogens with zero attached hydrogens (tertiary/aromatic N) is 1. The zero-order chi connectivity index (χ0) is 45.4. The molecule has 0 fully saturated rings. The van der Waals surface area contributed by atoms with Crippen LogP contribution >= 0.6 is 0 Å². The van der Waals surface area contributed by atoms with E-state index in [1.807, 2.05) is 76.2 Å². The van der Waals surface area contributed by atoms with Gasteiger partial charge in [0.25, 0.3) is 0 Å². The zero-order valence-corrected chi connectivity index (χ0v) is 36.6. The number of carbonyl (C=O) groups is 5. The molecule has 0 aliphatic heterocycles. The van der Waals surface area contributed by atoms with Crippen molar-refractivity contribution >= 4 is 52.9 Å². The molecule has 1 aliphatic rings. The van der Waals surface area contributed by atoms with Gasteiger partial charge in [-0.05, 0) is 106 Å². The second-order valence-corrected chi connectivity index (χ2v) is 17.2. The maximum absolute atomic E-state index is 12.9. The van der Waals surface area contributed by atoms with E-state index in [0.717, 1.165) is 46.2 Å². The summed E-state index contributed by atoms with van der Waals surface area (Å²) >= 11 is 0. The van der Waals surface area contributed by atoms with E-state index in [1.54, 1.807) is 36.4 Å². The van der Waals surface area contributed by atoms with Crippen LogP contribution in [0.1, 0.15) is 69.7 Å². The molecule has 0 saturated carbocycles. The molecule has 0 saturated heterocycles. The van der Waals surface area contributed by atoms with E-state index in [4.69, 9.17) is 5.26 Å². The number of unbranched alkanes of at least 4 members (excludes halogenated alkanes) is 1. The Kier molecular flexibility index (Phi) is 16.3. The van der Waals surface area contributed by atoms with Gasteiger partial charge in [0.2, 0.25) is 0 Å². The fourth-order valence-electron chi connectivity index (χ4n) is 6.60. The van der Waals surface area contributed by atoms with Gasteiger partial charge in [0.15, 0.2) is 0 Å². The molecule has 16 heteroatoms. The largest absolute Gasteiger partial charge is 0.338 e. The third-order valence-electron chi connectivity index (χ3n) is 10.3. The van der Waals surface area contributed by atoms with Crippen LogP contribution in [0.4, 0.5) is 46.7 Å². The van der Waals surface area contributed by atoms with Crippen LogP contribution in [0.15, 0.2) is 84.9 Å². The van der Waals surface area contributed by atoms with Crippen molar-refractivity contribution in [2.75, 3.05) is 54.0 Å². The lowest BCUT2D eigenvalue weighted by Gasteiger charge is -2.25. The van der Waals surface area contributed by atoms with Crippen molar-refractivity contribution in [1.82, 2.24) is 31.9 Å². The van der Waals surface area contributed by atoms with Gasteiger partial charge < -0.3 is 53.2 Å². The predicted molar refractivity (Wildman–Crippen MR) is 248 cm³/mol. The van der Waals surface area contributed by atoms with Crippen molar-refractivity contribution in [3.63, 3.8) is 0 Å². The van der Waals surface area contributed by atoms with Gasteiger partial charge in [0.05, 0.1) is 12.5 Å². The Hall–Kier alpha value is -7.28. The smallest absolute Gasteiger partial charge is 0.319 e. The normalized spacial score (nSPS) is 11.4. The average Bonchev–Trinajstić information content (AvgIpc) is 3.61. The standard InChI is InChI=1S/C47H59N11O5/c1-6-7-22-49-41(59)50-26-32-10-14-36(15-11-32)56-43(61)52-28-47(4,5)30-54-45(63)58-38-17-19-40-34(25-38)23-33-24-37(16-18-39(33)40)57-44(62)53-29-46(2,3)27-51-42(60)55-35-12-8-31(9-13-35)20-21-48/h8-19,24-25H,6-7,20,22-23,26-30H2,1-5H3,(H2,49,50,59)(H2,51,55,60)(H2,52,56,61)(H2,53,57,62)(H2,54,58,63). The van der Waals surface area contributed by atoms with Crippen molar-refractivity contribution < 1.29 is 24.0 Å². The lowest BCUT2D eigenvalue weighted by molar-refractivity contribution is 0.237. The Labute approximate surface area is 369 Å². The Morgan fingerprint density at radius 3 is 1.33 bits per heavy atom. The molecule has 0 spiro atoms. The minimum Gasteiger partial charge on any atom is -0.338 e. The number of amides is 10. The van der Waals surface area contributed by atoms with Crippen LogP contribution in [0.25, 0.3) is 11.1 Å². The highest BCUT2D eigenvalue weighted by Gasteiger charge is 2.23. The lowest BCUT2D eigenvalue weighted by atomic mass is 9.93. The Morgan fingerprint density at radius 1 is 0.524 bits per heavy atom. The number of nitrogens with one attached hydrogen (secondary N) is 10. The quantitative estimate of drug-likeness (QED) is 0.0394. The molecule has 5 rings (SSSR count). The number of benzene rings is 4. The third-order valence-corrected chi connectivity index (χ3v) is 10.3. The highest BCUT2D eigenvalue weighted by atomic mass is 16.2. The second-order valence-electron chi connectivity index (χ2n) is 17.2. The van der Waals surface area contributed by atoms with Gasteiger partial charge in [0.1, 0.15) is 0 Å². The topological polar surface area (TPSA) is 229 Å². The van der Waals surface area contributed by atoms with Crippen LogP contribution in [0, 0.1) is 22.2 Å². The van der Waals surface area contributed by atoms with Crippen LogP contribution in [-0.4, -0.2) is 62.9 Å². The maximum Gasteiger partial charge on any atom is 0.319 e. The predicted octanol–water partition coefficient (Wildman–Crippen LogP) is 7.86. The van der Waals surface area contributed by atoms with Crippen LogP contribution in [0.3, 0.4) is 0 Å². The summed E-state index contributed by atoms with van der Waals surface area (Å²) in [5, 5.41) is 37.4. The number of anilines is 4. The van der Waals surface area contributed by atoms with Crippen LogP contribution in [0.5, 0.6) is 0 Å². The minimum atomic E-state index is -0.454. The number of rotatable bonds is 18. The van der Waals surface area contributed by atoms with Crippen molar-refractivity contribution in [2.45, 2.75) is 66.8 Å². The highest BCUT2D eigenvalue weighted by Crippen LogP contribution is 2.39. The average molecular weight is 858 g/mol. The third kappa shape index (κ3) is 15.3. The first-order valence-electron chi connectivity index (χ1n) is 21.1. The van der Waals surface area contributed by atoms with E-state index in [-0.39, 0.29) is 30.2 Å². The summed E-state index contributed by atoms with van der Waals surface area (Å²) in [6.45, 7) is 12.1. The van der Waals surface area contributed by atoms with Crippen LogP contribution < -0.4 is 53.2 Å². The molecule has 4 aromatic rings. The molecule has 4 aromatic carbocycles.